The van der Waals surface area contributed by atoms with E-state index in [4.69, 9.17) is 0 Å². The second kappa shape index (κ2) is 6.40. The fourth-order valence-corrected chi connectivity index (χ4v) is 2.26. The minimum absolute atomic E-state index is 0.0292. The van der Waals surface area contributed by atoms with Crippen molar-refractivity contribution in [2.45, 2.75) is 6.92 Å². The van der Waals surface area contributed by atoms with Crippen LogP contribution in [0.2, 0.25) is 0 Å². The van der Waals surface area contributed by atoms with E-state index in [1.165, 1.54) is 10.7 Å². The van der Waals surface area contributed by atoms with Crippen LogP contribution in [0.1, 0.15) is 5.69 Å². The summed E-state index contributed by atoms with van der Waals surface area (Å²) >= 11 is 0. The van der Waals surface area contributed by atoms with Gasteiger partial charge >= 0.3 is 0 Å². The number of nitro benzene ring substituents is 1. The van der Waals surface area contributed by atoms with Gasteiger partial charge in [0.05, 0.1) is 16.3 Å². The lowest BCUT2D eigenvalue weighted by Crippen LogP contribution is -2.13. The topological polar surface area (TPSA) is 126 Å². The first-order chi connectivity index (χ1) is 12.0. The lowest BCUT2D eigenvalue weighted by Gasteiger charge is -1.99. The molecule has 0 fully saturated rings. The van der Waals surface area contributed by atoms with Gasteiger partial charge in [-0.1, -0.05) is 18.2 Å². The number of aromatic amines is 1. The van der Waals surface area contributed by atoms with Gasteiger partial charge in [0.25, 0.3) is 11.2 Å². The Morgan fingerprint density at radius 3 is 2.56 bits per heavy atom. The number of azo groups is 1. The molecule has 9 nitrogen and oxygen atoms in total. The number of benzene rings is 2. The number of rotatable bonds is 4. The average molecular weight is 339 g/mol. The van der Waals surface area contributed by atoms with E-state index in [1.54, 1.807) is 31.2 Å². The molecule has 0 aliphatic rings. The molecular formula is C16H13N5O4. The van der Waals surface area contributed by atoms with Crippen LogP contribution in [-0.2, 0) is 0 Å². The van der Waals surface area contributed by atoms with Crippen LogP contribution in [0, 0.1) is 17.0 Å². The number of nitrogens with zero attached hydrogens (tertiary/aromatic N) is 4. The standard InChI is InChI=1S/C16H13N5O4/c1-10-15(16(23)20(19-10)11-5-3-2-4-6-11)18-17-13-9-12(22)7-8-14(13)21(24)25/h2-9,19,22H,1H3. The second-order valence-corrected chi connectivity index (χ2v) is 5.19. The largest absolute Gasteiger partial charge is 0.508 e. The van der Waals surface area contributed by atoms with E-state index in [-0.39, 0.29) is 22.8 Å². The van der Waals surface area contributed by atoms with Crippen molar-refractivity contribution in [1.29, 1.82) is 0 Å². The predicted octanol–water partition coefficient (Wildman–Crippen LogP) is 3.50. The van der Waals surface area contributed by atoms with Crippen LogP contribution in [0.25, 0.3) is 5.69 Å². The number of hydrogen-bond donors (Lipinski definition) is 2. The van der Waals surface area contributed by atoms with Crippen LogP contribution in [-0.4, -0.2) is 19.8 Å². The molecule has 0 bridgehead atoms. The third kappa shape index (κ3) is 3.15. The fourth-order valence-electron chi connectivity index (χ4n) is 2.26. The van der Waals surface area contributed by atoms with Crippen molar-refractivity contribution >= 4 is 17.1 Å². The van der Waals surface area contributed by atoms with Crippen molar-refractivity contribution in [3.63, 3.8) is 0 Å². The third-order valence-electron chi connectivity index (χ3n) is 3.47. The highest BCUT2D eigenvalue weighted by atomic mass is 16.6. The van der Waals surface area contributed by atoms with Gasteiger partial charge in [0, 0.05) is 12.1 Å². The Kier molecular flexibility index (Phi) is 4.12. The quantitative estimate of drug-likeness (QED) is 0.428. The number of aromatic nitrogens is 2. The summed E-state index contributed by atoms with van der Waals surface area (Å²) in [5.74, 6) is -0.188. The summed E-state index contributed by atoms with van der Waals surface area (Å²) in [7, 11) is 0. The van der Waals surface area contributed by atoms with E-state index in [0.29, 0.717) is 11.4 Å². The molecule has 25 heavy (non-hydrogen) atoms. The highest BCUT2D eigenvalue weighted by molar-refractivity contribution is 5.60. The van der Waals surface area contributed by atoms with E-state index >= 15 is 0 Å². The zero-order valence-electron chi connectivity index (χ0n) is 13.1. The van der Waals surface area contributed by atoms with E-state index < -0.39 is 10.5 Å². The summed E-state index contributed by atoms with van der Waals surface area (Å²) in [4.78, 5) is 22.9. The van der Waals surface area contributed by atoms with Gasteiger partial charge in [0.15, 0.2) is 11.4 Å². The first-order valence-corrected chi connectivity index (χ1v) is 7.23. The summed E-state index contributed by atoms with van der Waals surface area (Å²) in [5.41, 5.74) is 0.215. The molecule has 1 aromatic heterocycles. The number of phenols is 1. The molecule has 9 heteroatoms. The van der Waals surface area contributed by atoms with Crippen LogP contribution in [0.4, 0.5) is 17.1 Å². The SMILES string of the molecule is Cc1[nH]n(-c2ccccc2)c(=O)c1N=Nc1cc(O)ccc1[N+](=O)[O-]. The Labute approximate surface area is 141 Å². The zero-order valence-corrected chi connectivity index (χ0v) is 13.1. The molecule has 0 unspecified atom stereocenters. The number of phenolic OH excluding ortho intramolecular Hbond substituents is 1. The minimum atomic E-state index is -0.639. The Balaban J connectivity index is 2.04. The van der Waals surface area contributed by atoms with Gasteiger partial charge in [0.2, 0.25) is 0 Å². The molecule has 0 amide bonds. The van der Waals surface area contributed by atoms with E-state index in [1.807, 2.05) is 6.07 Å². The number of H-pyrrole nitrogens is 1. The molecule has 126 valence electrons. The average Bonchev–Trinajstić information content (AvgIpc) is 2.88. The van der Waals surface area contributed by atoms with E-state index in [2.05, 4.69) is 15.3 Å². The van der Waals surface area contributed by atoms with Crippen molar-refractivity contribution in [2.24, 2.45) is 10.2 Å². The highest BCUT2D eigenvalue weighted by Crippen LogP contribution is 2.32. The summed E-state index contributed by atoms with van der Waals surface area (Å²) in [5, 5.41) is 31.0. The third-order valence-corrected chi connectivity index (χ3v) is 3.47. The van der Waals surface area contributed by atoms with Crippen molar-refractivity contribution in [2.75, 3.05) is 0 Å². The van der Waals surface area contributed by atoms with Gasteiger partial charge in [-0.15, -0.1) is 10.2 Å². The molecule has 1 heterocycles. The molecule has 0 aliphatic heterocycles. The fraction of sp³-hybridized carbons (Fsp3) is 0.0625. The van der Waals surface area contributed by atoms with Gasteiger partial charge in [0.1, 0.15) is 5.75 Å². The number of hydrogen-bond acceptors (Lipinski definition) is 6. The molecule has 2 N–H and O–H groups in total. The van der Waals surface area contributed by atoms with Gasteiger partial charge < -0.3 is 5.11 Å². The Morgan fingerprint density at radius 1 is 1.16 bits per heavy atom. The van der Waals surface area contributed by atoms with E-state index in [0.717, 1.165) is 12.1 Å². The molecule has 0 atom stereocenters. The van der Waals surface area contributed by atoms with Crippen molar-refractivity contribution in [1.82, 2.24) is 9.78 Å². The number of para-hydroxylation sites is 1. The molecule has 2 aromatic carbocycles. The van der Waals surface area contributed by atoms with Crippen molar-refractivity contribution in [3.05, 3.63) is 74.7 Å². The smallest absolute Gasteiger partial charge is 0.299 e. The lowest BCUT2D eigenvalue weighted by atomic mass is 10.2. The summed E-state index contributed by atoms with van der Waals surface area (Å²) in [6.45, 7) is 1.64. The van der Waals surface area contributed by atoms with Crippen LogP contribution in [0.5, 0.6) is 5.75 Å². The van der Waals surface area contributed by atoms with Crippen LogP contribution in [0.3, 0.4) is 0 Å². The van der Waals surface area contributed by atoms with Crippen LogP contribution < -0.4 is 5.56 Å². The molecule has 0 spiro atoms. The number of aromatic hydroxyl groups is 1. The molecular weight excluding hydrogens is 326 g/mol. The summed E-state index contributed by atoms with van der Waals surface area (Å²) < 4.78 is 1.31. The number of nitrogens with one attached hydrogen (secondary N) is 1. The van der Waals surface area contributed by atoms with Gasteiger partial charge in [-0.3, -0.25) is 20.0 Å². The Hall–Kier alpha value is -3.75. The maximum atomic E-state index is 12.5. The summed E-state index contributed by atoms with van der Waals surface area (Å²) in [6.07, 6.45) is 0. The van der Waals surface area contributed by atoms with Crippen LogP contribution in [0.15, 0.2) is 63.6 Å². The first-order valence-electron chi connectivity index (χ1n) is 7.23. The first kappa shape index (κ1) is 16.1. The maximum Gasteiger partial charge on any atom is 0.299 e. The number of nitro groups is 1. The van der Waals surface area contributed by atoms with E-state index in [9.17, 15) is 20.0 Å². The monoisotopic (exact) mass is 339 g/mol. The van der Waals surface area contributed by atoms with Gasteiger partial charge in [-0.05, 0) is 25.1 Å². The molecule has 0 saturated heterocycles. The molecule has 3 rings (SSSR count). The molecule has 0 aliphatic carbocycles. The minimum Gasteiger partial charge on any atom is -0.508 e. The number of aryl methyl sites for hydroxylation is 1. The molecule has 0 radical (unpaired) electrons. The maximum absolute atomic E-state index is 12.5. The molecule has 3 aromatic rings. The van der Waals surface area contributed by atoms with Gasteiger partial charge in [-0.2, -0.15) is 0 Å². The highest BCUT2D eigenvalue weighted by Gasteiger charge is 2.16. The summed E-state index contributed by atoms with van der Waals surface area (Å²) in [6, 6.07) is 12.3. The van der Waals surface area contributed by atoms with Crippen molar-refractivity contribution in [3.8, 4) is 11.4 Å². The predicted molar refractivity (Wildman–Crippen MR) is 90.1 cm³/mol. The van der Waals surface area contributed by atoms with Crippen molar-refractivity contribution < 1.29 is 10.0 Å². The Bertz CT molecular complexity index is 1020. The zero-order chi connectivity index (χ0) is 18.0. The second-order valence-electron chi connectivity index (χ2n) is 5.19. The van der Waals surface area contributed by atoms with Gasteiger partial charge in [-0.25, -0.2) is 4.68 Å². The molecule has 0 saturated carbocycles. The Morgan fingerprint density at radius 2 is 1.88 bits per heavy atom. The lowest BCUT2D eigenvalue weighted by molar-refractivity contribution is -0.384. The van der Waals surface area contributed by atoms with Crippen LogP contribution >= 0.6 is 0 Å². The normalized spacial score (nSPS) is 11.1.